The molecule has 2 rings (SSSR count). The Morgan fingerprint density at radius 2 is 2.47 bits per heavy atom. The summed E-state index contributed by atoms with van der Waals surface area (Å²) in [4.78, 5) is 4.28. The second kappa shape index (κ2) is 5.12. The van der Waals surface area contributed by atoms with Crippen LogP contribution in [0.4, 0.5) is 0 Å². The minimum absolute atomic E-state index is 0.815. The number of hydrogen-bond donors (Lipinski definition) is 1. The van der Waals surface area contributed by atoms with Crippen molar-refractivity contribution in [2.75, 3.05) is 6.54 Å². The van der Waals surface area contributed by atoms with Crippen molar-refractivity contribution < 1.29 is 0 Å². The van der Waals surface area contributed by atoms with E-state index in [0.717, 1.165) is 24.8 Å². The molecule has 1 aliphatic carbocycles. The van der Waals surface area contributed by atoms with E-state index in [1.54, 1.807) is 0 Å². The van der Waals surface area contributed by atoms with E-state index in [-0.39, 0.29) is 0 Å². The Balaban J connectivity index is 1.71. The summed E-state index contributed by atoms with van der Waals surface area (Å²) in [5, 5.41) is 3.48. The van der Waals surface area contributed by atoms with Crippen molar-refractivity contribution >= 4 is 0 Å². The van der Waals surface area contributed by atoms with Gasteiger partial charge in [0.05, 0.1) is 6.54 Å². The van der Waals surface area contributed by atoms with Gasteiger partial charge in [0, 0.05) is 19.4 Å². The number of hydrogen-bond acceptors (Lipinski definition) is 2. The number of allylic oxidation sites excluding steroid dienone is 2. The maximum atomic E-state index is 4.28. The first-order chi connectivity index (χ1) is 7.36. The highest BCUT2D eigenvalue weighted by molar-refractivity contribution is 4.92. The quantitative estimate of drug-likeness (QED) is 0.760. The van der Waals surface area contributed by atoms with Gasteiger partial charge in [0.25, 0.3) is 0 Å². The van der Waals surface area contributed by atoms with Crippen LogP contribution in [-0.4, -0.2) is 16.1 Å². The number of nitrogens with one attached hydrogen (secondary N) is 1. The van der Waals surface area contributed by atoms with Gasteiger partial charge in [-0.15, -0.1) is 0 Å². The van der Waals surface area contributed by atoms with E-state index in [9.17, 15) is 0 Å². The van der Waals surface area contributed by atoms with Gasteiger partial charge in [-0.1, -0.05) is 12.2 Å². The lowest BCUT2D eigenvalue weighted by Gasteiger charge is -2.17. The second-order valence-electron chi connectivity index (χ2n) is 4.24. The van der Waals surface area contributed by atoms with Crippen LogP contribution < -0.4 is 5.32 Å². The van der Waals surface area contributed by atoms with Crippen molar-refractivity contribution in [3.8, 4) is 0 Å². The molecule has 0 spiro atoms. The van der Waals surface area contributed by atoms with Gasteiger partial charge in [0.2, 0.25) is 0 Å². The van der Waals surface area contributed by atoms with Gasteiger partial charge in [0.15, 0.2) is 0 Å². The maximum absolute atomic E-state index is 4.28. The fourth-order valence-electron chi connectivity index (χ4n) is 2.00. The van der Waals surface area contributed by atoms with Gasteiger partial charge in [-0.05, 0) is 31.7 Å². The molecule has 1 aromatic heterocycles. The average Bonchev–Trinajstić information content (AvgIpc) is 2.66. The third kappa shape index (κ3) is 2.93. The standard InChI is InChI=1S/C12H19N3/c1-15-8-7-14-12(15)10-13-9-11-5-3-2-4-6-11/h2-3,7-8,11,13H,4-6,9-10H2,1H3. The zero-order valence-electron chi connectivity index (χ0n) is 9.32. The van der Waals surface area contributed by atoms with Gasteiger partial charge >= 0.3 is 0 Å². The largest absolute Gasteiger partial charge is 0.337 e. The van der Waals surface area contributed by atoms with Gasteiger partial charge in [-0.25, -0.2) is 4.98 Å². The molecular weight excluding hydrogens is 186 g/mol. The molecule has 0 radical (unpaired) electrons. The van der Waals surface area contributed by atoms with E-state index >= 15 is 0 Å². The van der Waals surface area contributed by atoms with Crippen molar-refractivity contribution in [1.29, 1.82) is 0 Å². The van der Waals surface area contributed by atoms with E-state index in [4.69, 9.17) is 0 Å². The zero-order chi connectivity index (χ0) is 10.5. The van der Waals surface area contributed by atoms with Gasteiger partial charge in [-0.2, -0.15) is 0 Å². The molecule has 1 unspecified atom stereocenters. The van der Waals surface area contributed by atoms with Crippen LogP contribution in [0.15, 0.2) is 24.5 Å². The third-order valence-electron chi connectivity index (χ3n) is 3.01. The van der Waals surface area contributed by atoms with Crippen LogP contribution in [0, 0.1) is 5.92 Å². The number of aromatic nitrogens is 2. The van der Waals surface area contributed by atoms with Crippen LogP contribution in [0.2, 0.25) is 0 Å². The maximum Gasteiger partial charge on any atom is 0.122 e. The van der Waals surface area contributed by atoms with E-state index in [2.05, 4.69) is 27.0 Å². The molecule has 0 bridgehead atoms. The summed E-state index contributed by atoms with van der Waals surface area (Å²) in [6.07, 6.45) is 12.2. The Morgan fingerprint density at radius 3 is 3.13 bits per heavy atom. The molecule has 1 atom stereocenters. The van der Waals surface area contributed by atoms with Crippen molar-refractivity contribution in [1.82, 2.24) is 14.9 Å². The van der Waals surface area contributed by atoms with Crippen molar-refractivity contribution in [2.45, 2.75) is 25.8 Å². The Kier molecular flexibility index (Phi) is 3.56. The van der Waals surface area contributed by atoms with Crippen molar-refractivity contribution in [3.63, 3.8) is 0 Å². The van der Waals surface area contributed by atoms with Crippen LogP contribution in [0.1, 0.15) is 25.1 Å². The molecule has 1 aliphatic rings. The monoisotopic (exact) mass is 205 g/mol. The van der Waals surface area contributed by atoms with E-state index in [1.165, 1.54) is 19.3 Å². The fraction of sp³-hybridized carbons (Fsp3) is 0.583. The lowest BCUT2D eigenvalue weighted by Crippen LogP contribution is -2.24. The van der Waals surface area contributed by atoms with Crippen LogP contribution in [0.5, 0.6) is 0 Å². The van der Waals surface area contributed by atoms with E-state index < -0.39 is 0 Å². The fourth-order valence-corrected chi connectivity index (χ4v) is 2.00. The Bertz CT molecular complexity index is 327. The van der Waals surface area contributed by atoms with Crippen molar-refractivity contribution in [3.05, 3.63) is 30.4 Å². The van der Waals surface area contributed by atoms with E-state index in [1.807, 2.05) is 19.4 Å². The second-order valence-corrected chi connectivity index (χ2v) is 4.24. The topological polar surface area (TPSA) is 29.9 Å². The smallest absolute Gasteiger partial charge is 0.122 e. The number of rotatable bonds is 4. The number of aryl methyl sites for hydroxylation is 1. The first-order valence-corrected chi connectivity index (χ1v) is 5.68. The molecule has 1 aromatic rings. The summed E-state index contributed by atoms with van der Waals surface area (Å²) >= 11 is 0. The number of nitrogens with zero attached hydrogens (tertiary/aromatic N) is 2. The molecule has 1 heterocycles. The molecular formula is C12H19N3. The predicted molar refractivity (Wildman–Crippen MR) is 61.4 cm³/mol. The molecule has 15 heavy (non-hydrogen) atoms. The minimum Gasteiger partial charge on any atom is -0.337 e. The highest BCUT2D eigenvalue weighted by Crippen LogP contribution is 2.16. The van der Waals surface area contributed by atoms with Crippen molar-refractivity contribution in [2.24, 2.45) is 13.0 Å². The highest BCUT2D eigenvalue weighted by Gasteiger charge is 2.09. The Morgan fingerprint density at radius 1 is 1.53 bits per heavy atom. The summed E-state index contributed by atoms with van der Waals surface area (Å²) in [5.41, 5.74) is 0. The first-order valence-electron chi connectivity index (χ1n) is 5.68. The van der Waals surface area contributed by atoms with Gasteiger partial charge in [-0.3, -0.25) is 0 Å². The van der Waals surface area contributed by atoms with Gasteiger partial charge < -0.3 is 9.88 Å². The summed E-state index contributed by atoms with van der Waals surface area (Å²) in [7, 11) is 2.04. The van der Waals surface area contributed by atoms with Crippen LogP contribution in [0.25, 0.3) is 0 Å². The van der Waals surface area contributed by atoms with Crippen LogP contribution in [-0.2, 0) is 13.6 Å². The molecule has 3 nitrogen and oxygen atoms in total. The lowest BCUT2D eigenvalue weighted by molar-refractivity contribution is 0.435. The predicted octanol–water partition coefficient (Wildman–Crippen LogP) is 1.87. The van der Waals surface area contributed by atoms with Gasteiger partial charge in [0.1, 0.15) is 5.82 Å². The van der Waals surface area contributed by atoms with Crippen LogP contribution in [0.3, 0.4) is 0 Å². The number of imidazole rings is 1. The lowest BCUT2D eigenvalue weighted by atomic mass is 9.94. The molecule has 0 fully saturated rings. The Labute approximate surface area is 91.2 Å². The summed E-state index contributed by atoms with van der Waals surface area (Å²) in [6.45, 7) is 1.99. The first kappa shape index (κ1) is 10.4. The molecule has 82 valence electrons. The van der Waals surface area contributed by atoms with E-state index in [0.29, 0.717) is 0 Å². The molecule has 0 amide bonds. The molecule has 0 saturated carbocycles. The third-order valence-corrected chi connectivity index (χ3v) is 3.01. The highest BCUT2D eigenvalue weighted by atomic mass is 15.1. The average molecular weight is 205 g/mol. The molecule has 0 saturated heterocycles. The molecule has 0 aromatic carbocycles. The SMILES string of the molecule is Cn1ccnc1CNCC1CC=CCC1. The van der Waals surface area contributed by atoms with Crippen LogP contribution >= 0.6 is 0 Å². The minimum atomic E-state index is 0.815. The molecule has 0 aliphatic heterocycles. The zero-order valence-corrected chi connectivity index (χ0v) is 9.32. The Hall–Kier alpha value is -1.09. The summed E-state index contributed by atoms with van der Waals surface area (Å²) in [6, 6.07) is 0. The summed E-state index contributed by atoms with van der Waals surface area (Å²) in [5.74, 6) is 1.93. The molecule has 3 heteroatoms. The normalized spacial score (nSPS) is 20.7. The summed E-state index contributed by atoms with van der Waals surface area (Å²) < 4.78 is 2.06. The molecule has 1 N–H and O–H groups in total.